The van der Waals surface area contributed by atoms with Crippen LogP contribution in [0.25, 0.3) is 6.08 Å². The second kappa shape index (κ2) is 7.77. The maximum absolute atomic E-state index is 12.2. The number of ether oxygens (including phenoxy) is 2. The maximum atomic E-state index is 12.2. The van der Waals surface area contributed by atoms with Gasteiger partial charge in [0.25, 0.3) is 0 Å². The molecule has 3 N–H and O–H groups in total. The molecule has 0 aromatic heterocycles. The number of phenolic OH excluding ortho intramolecular Hbond substituents is 1. The molecule has 1 aromatic rings. The predicted molar refractivity (Wildman–Crippen MR) is 92.8 cm³/mol. The van der Waals surface area contributed by atoms with Crippen LogP contribution in [0.15, 0.2) is 28.1 Å². The van der Waals surface area contributed by atoms with Gasteiger partial charge in [-0.3, -0.25) is 4.79 Å². The van der Waals surface area contributed by atoms with E-state index in [1.54, 1.807) is 22.6 Å². The van der Waals surface area contributed by atoms with E-state index >= 15 is 0 Å². The molecular weight excluding hydrogens is 431 g/mol. The van der Waals surface area contributed by atoms with Crippen LogP contribution in [0.3, 0.4) is 0 Å². The topological polar surface area (TPSA) is 113 Å². The molecule has 1 aliphatic heterocycles. The van der Waals surface area contributed by atoms with E-state index in [-0.39, 0.29) is 21.3 Å². The Balaban J connectivity index is 2.53. The van der Waals surface area contributed by atoms with Crippen LogP contribution in [0.2, 0.25) is 0 Å². The maximum Gasteiger partial charge on any atom is 0.347 e. The zero-order chi connectivity index (χ0) is 17.9. The number of aliphatic hydroxyl groups is 2. The summed E-state index contributed by atoms with van der Waals surface area (Å²) < 4.78 is 9.89. The fourth-order valence-electron chi connectivity index (χ4n) is 2.10. The Bertz CT molecular complexity index is 723. The quantitative estimate of drug-likeness (QED) is 0.443. The normalized spacial score (nSPS) is 25.4. The lowest BCUT2D eigenvalue weighted by atomic mass is 10.0. The molecule has 0 radical (unpaired) electrons. The van der Waals surface area contributed by atoms with Gasteiger partial charge < -0.3 is 24.8 Å². The van der Waals surface area contributed by atoms with Crippen molar-refractivity contribution in [2.24, 2.45) is 0 Å². The summed E-state index contributed by atoms with van der Waals surface area (Å²) in [6, 6.07) is 2.78. The molecule has 0 spiro atoms. The minimum absolute atomic E-state index is 0.0245. The van der Waals surface area contributed by atoms with Crippen molar-refractivity contribution in [2.45, 2.75) is 18.6 Å². The van der Waals surface area contributed by atoms with E-state index in [2.05, 4.69) is 0 Å². The molecule has 0 bridgehead atoms. The zero-order valence-corrected chi connectivity index (χ0v) is 14.8. The fraction of sp³-hybridized carbons (Fsp3) is 0.250. The lowest BCUT2D eigenvalue weighted by Gasteiger charge is -2.16. The number of hydrogen-bond donors (Lipinski definition) is 3. The number of phenols is 1. The number of fused-ring (bicyclic) bond motifs is 1. The van der Waals surface area contributed by atoms with Gasteiger partial charge in [0, 0.05) is 6.07 Å². The molecule has 2 rings (SSSR count). The number of Topliss-reactive ketones (excluding diaryl/α,β-unsaturated/α-hetero) is 1. The van der Waals surface area contributed by atoms with Crippen LogP contribution in [0.4, 0.5) is 0 Å². The average Bonchev–Trinajstić information content (AvgIpc) is 2.56. The van der Waals surface area contributed by atoms with Gasteiger partial charge in [-0.2, -0.15) is 0 Å². The van der Waals surface area contributed by atoms with Crippen molar-refractivity contribution in [3.8, 4) is 11.5 Å². The highest BCUT2D eigenvalue weighted by Crippen LogP contribution is 2.30. The van der Waals surface area contributed by atoms with E-state index in [0.717, 1.165) is 6.26 Å². The van der Waals surface area contributed by atoms with Crippen molar-refractivity contribution in [3.63, 3.8) is 0 Å². The molecule has 0 amide bonds. The van der Waals surface area contributed by atoms with Gasteiger partial charge in [-0.15, -0.1) is 0 Å². The number of halogens is 1. The van der Waals surface area contributed by atoms with Gasteiger partial charge in [-0.1, -0.05) is 12.2 Å². The van der Waals surface area contributed by atoms with Crippen LogP contribution < -0.4 is 4.74 Å². The summed E-state index contributed by atoms with van der Waals surface area (Å²) in [6.07, 6.45) is 0.849. The SMILES string of the molecule is COc1cc(O)c2c(c1)/C=C/C[C@H](O)[C@H](O)C(=O)/C(I)=C/OC2=O. The van der Waals surface area contributed by atoms with Crippen molar-refractivity contribution < 1.29 is 34.4 Å². The number of carbonyl (C=O) groups is 2. The van der Waals surface area contributed by atoms with Crippen molar-refractivity contribution in [1.29, 1.82) is 0 Å². The van der Waals surface area contributed by atoms with Crippen molar-refractivity contribution >= 4 is 40.4 Å². The Labute approximate surface area is 151 Å². The molecule has 24 heavy (non-hydrogen) atoms. The molecule has 1 aromatic carbocycles. The van der Waals surface area contributed by atoms with Crippen LogP contribution in [0, 0.1) is 0 Å². The molecule has 128 valence electrons. The summed E-state index contributed by atoms with van der Waals surface area (Å²) in [5.74, 6) is -1.64. The lowest BCUT2D eigenvalue weighted by Crippen LogP contribution is -2.33. The van der Waals surface area contributed by atoms with E-state index in [1.165, 1.54) is 31.4 Å². The number of carbonyl (C=O) groups excluding carboxylic acids is 2. The first kappa shape index (κ1) is 18.4. The number of benzene rings is 1. The summed E-state index contributed by atoms with van der Waals surface area (Å²) in [5.41, 5.74) is 0.212. The summed E-state index contributed by atoms with van der Waals surface area (Å²) in [7, 11) is 1.41. The molecule has 0 fully saturated rings. The highest BCUT2D eigenvalue weighted by Gasteiger charge is 2.27. The van der Waals surface area contributed by atoms with Crippen LogP contribution in [-0.4, -0.2) is 46.4 Å². The third kappa shape index (κ3) is 3.94. The minimum Gasteiger partial charge on any atom is -0.507 e. The van der Waals surface area contributed by atoms with Gasteiger partial charge in [-0.05, 0) is 40.6 Å². The Kier molecular flexibility index (Phi) is 5.97. The zero-order valence-electron chi connectivity index (χ0n) is 12.6. The third-order valence-corrected chi connectivity index (χ3v) is 4.16. The van der Waals surface area contributed by atoms with E-state index < -0.39 is 24.0 Å². The van der Waals surface area contributed by atoms with Crippen LogP contribution >= 0.6 is 22.6 Å². The first-order valence-corrected chi connectivity index (χ1v) is 7.97. The Morgan fingerprint density at radius 3 is 2.67 bits per heavy atom. The standard InChI is InChI=1S/C16H15IO7/c1-23-9-5-8-3-2-4-11(18)15(21)14(20)10(17)7-24-16(22)13(8)12(19)6-9/h2-3,5-7,11,15,18-19,21H,4H2,1H3/b3-2+,10-7-/t11-,15-/m0/s1. The monoisotopic (exact) mass is 446 g/mol. The van der Waals surface area contributed by atoms with E-state index in [1.807, 2.05) is 0 Å². The van der Waals surface area contributed by atoms with Crippen LogP contribution in [0.5, 0.6) is 11.5 Å². The number of cyclic esters (lactones) is 1. The highest BCUT2D eigenvalue weighted by atomic mass is 127. The Morgan fingerprint density at radius 1 is 1.29 bits per heavy atom. The van der Waals surface area contributed by atoms with Gasteiger partial charge in [0.2, 0.25) is 5.78 Å². The molecule has 8 heteroatoms. The van der Waals surface area contributed by atoms with Gasteiger partial charge in [0.15, 0.2) is 0 Å². The number of hydrogen-bond acceptors (Lipinski definition) is 7. The predicted octanol–water partition coefficient (Wildman–Crippen LogP) is 1.54. The first-order valence-electron chi connectivity index (χ1n) is 6.89. The van der Waals surface area contributed by atoms with Crippen molar-refractivity contribution in [2.75, 3.05) is 7.11 Å². The number of ketones is 1. The van der Waals surface area contributed by atoms with E-state index in [4.69, 9.17) is 9.47 Å². The van der Waals surface area contributed by atoms with Gasteiger partial charge in [-0.25, -0.2) is 4.79 Å². The average molecular weight is 446 g/mol. The number of rotatable bonds is 1. The molecule has 2 atom stereocenters. The number of aliphatic hydroxyl groups excluding tert-OH is 2. The smallest absolute Gasteiger partial charge is 0.347 e. The molecular formula is C16H15IO7. The fourth-order valence-corrected chi connectivity index (χ4v) is 2.54. The number of esters is 1. The van der Waals surface area contributed by atoms with Gasteiger partial charge in [0.05, 0.1) is 16.8 Å². The molecule has 0 saturated carbocycles. The first-order chi connectivity index (χ1) is 11.3. The molecule has 7 nitrogen and oxygen atoms in total. The number of aromatic hydroxyl groups is 1. The molecule has 0 saturated heterocycles. The Morgan fingerprint density at radius 2 is 2.00 bits per heavy atom. The summed E-state index contributed by atoms with van der Waals surface area (Å²) in [5, 5.41) is 29.7. The second-order valence-corrected chi connectivity index (χ2v) is 6.16. The third-order valence-electron chi connectivity index (χ3n) is 3.37. The molecule has 1 aliphatic rings. The molecule has 0 unspecified atom stereocenters. The largest absolute Gasteiger partial charge is 0.507 e. The van der Waals surface area contributed by atoms with E-state index in [0.29, 0.717) is 11.3 Å². The molecule has 0 aliphatic carbocycles. The molecule has 1 heterocycles. The summed E-state index contributed by atoms with van der Waals surface area (Å²) in [6.45, 7) is 0. The summed E-state index contributed by atoms with van der Waals surface area (Å²) >= 11 is 1.59. The highest BCUT2D eigenvalue weighted by molar-refractivity contribution is 14.1. The Hall–Kier alpha value is -1.91. The number of methoxy groups -OCH3 is 1. The van der Waals surface area contributed by atoms with Gasteiger partial charge >= 0.3 is 5.97 Å². The van der Waals surface area contributed by atoms with E-state index in [9.17, 15) is 24.9 Å². The lowest BCUT2D eigenvalue weighted by molar-refractivity contribution is -0.127. The minimum atomic E-state index is -1.63. The van der Waals surface area contributed by atoms with Gasteiger partial charge in [0.1, 0.15) is 29.4 Å². The van der Waals surface area contributed by atoms with Crippen molar-refractivity contribution in [1.82, 2.24) is 0 Å². The second-order valence-electron chi connectivity index (χ2n) is 5.00. The van der Waals surface area contributed by atoms with Crippen LogP contribution in [-0.2, 0) is 9.53 Å². The van der Waals surface area contributed by atoms with Crippen molar-refractivity contribution in [3.05, 3.63) is 39.2 Å². The summed E-state index contributed by atoms with van der Waals surface area (Å²) in [4.78, 5) is 24.1. The van der Waals surface area contributed by atoms with Crippen LogP contribution in [0.1, 0.15) is 22.3 Å².